The first kappa shape index (κ1) is 12.3. The zero-order valence-electron chi connectivity index (χ0n) is 9.90. The number of aromatic carboxylic acids is 1. The van der Waals surface area contributed by atoms with Crippen LogP contribution in [-0.2, 0) is 4.74 Å². The van der Waals surface area contributed by atoms with E-state index in [4.69, 9.17) is 9.84 Å². The van der Waals surface area contributed by atoms with Gasteiger partial charge in [0.05, 0.1) is 17.8 Å². The molecular formula is C11H16N2O3S. The van der Waals surface area contributed by atoms with Crippen molar-refractivity contribution in [2.75, 3.05) is 12.4 Å². The summed E-state index contributed by atoms with van der Waals surface area (Å²) in [7, 11) is 1.70. The lowest BCUT2D eigenvalue weighted by atomic mass is 10.2. The number of ether oxygens (including phenoxy) is 1. The van der Waals surface area contributed by atoms with Crippen molar-refractivity contribution in [1.29, 1.82) is 0 Å². The van der Waals surface area contributed by atoms with Gasteiger partial charge in [0, 0.05) is 7.11 Å². The molecule has 2 N–H and O–H groups in total. The van der Waals surface area contributed by atoms with Gasteiger partial charge in [-0.15, -0.1) is 0 Å². The Morgan fingerprint density at radius 1 is 1.59 bits per heavy atom. The average molecular weight is 256 g/mol. The van der Waals surface area contributed by atoms with Crippen LogP contribution in [0.15, 0.2) is 0 Å². The molecule has 0 saturated heterocycles. The molecule has 2 atom stereocenters. The van der Waals surface area contributed by atoms with Gasteiger partial charge in [-0.3, -0.25) is 0 Å². The van der Waals surface area contributed by atoms with Crippen LogP contribution < -0.4 is 5.32 Å². The van der Waals surface area contributed by atoms with E-state index in [1.54, 1.807) is 14.0 Å². The predicted octanol–water partition coefficient (Wildman–Crippen LogP) is 2.13. The second kappa shape index (κ2) is 5.01. The van der Waals surface area contributed by atoms with Crippen LogP contribution in [0.25, 0.3) is 0 Å². The number of aryl methyl sites for hydroxylation is 1. The fourth-order valence-corrected chi connectivity index (χ4v) is 3.11. The first-order valence-electron chi connectivity index (χ1n) is 5.62. The van der Waals surface area contributed by atoms with Gasteiger partial charge in [0.15, 0.2) is 0 Å². The number of carboxylic acid groups (broad SMARTS) is 1. The number of rotatable bonds is 4. The fraction of sp³-hybridized carbons (Fsp3) is 0.636. The highest BCUT2D eigenvalue weighted by Gasteiger charge is 2.29. The van der Waals surface area contributed by atoms with Gasteiger partial charge in [0.25, 0.3) is 0 Å². The highest BCUT2D eigenvalue weighted by molar-refractivity contribution is 7.10. The van der Waals surface area contributed by atoms with E-state index >= 15 is 0 Å². The van der Waals surface area contributed by atoms with Gasteiger partial charge in [-0.2, -0.15) is 4.37 Å². The molecule has 1 aliphatic carbocycles. The number of hydrogen-bond donors (Lipinski definition) is 2. The molecule has 2 rings (SSSR count). The Morgan fingerprint density at radius 2 is 2.35 bits per heavy atom. The topological polar surface area (TPSA) is 71.5 Å². The summed E-state index contributed by atoms with van der Waals surface area (Å²) in [5.41, 5.74) is 0.855. The van der Waals surface area contributed by atoms with Crippen molar-refractivity contribution < 1.29 is 14.6 Å². The average Bonchev–Trinajstić information content (AvgIpc) is 2.86. The maximum absolute atomic E-state index is 11.1. The minimum Gasteiger partial charge on any atom is -0.478 e. The fourth-order valence-electron chi connectivity index (χ4n) is 2.26. The molecule has 0 spiro atoms. The van der Waals surface area contributed by atoms with Crippen LogP contribution in [0.3, 0.4) is 0 Å². The van der Waals surface area contributed by atoms with Crippen molar-refractivity contribution in [3.63, 3.8) is 0 Å². The first-order chi connectivity index (χ1) is 8.13. The van der Waals surface area contributed by atoms with Crippen LogP contribution in [-0.4, -0.2) is 34.7 Å². The Hall–Kier alpha value is -1.14. The summed E-state index contributed by atoms with van der Waals surface area (Å²) in [4.78, 5) is 11.1. The van der Waals surface area contributed by atoms with E-state index < -0.39 is 5.97 Å². The van der Waals surface area contributed by atoms with Crippen molar-refractivity contribution in [3.05, 3.63) is 11.3 Å². The van der Waals surface area contributed by atoms with Gasteiger partial charge >= 0.3 is 5.97 Å². The summed E-state index contributed by atoms with van der Waals surface area (Å²) < 4.78 is 9.47. The molecule has 0 amide bonds. The molecule has 0 aliphatic heterocycles. The van der Waals surface area contributed by atoms with Crippen LogP contribution in [0.4, 0.5) is 5.00 Å². The molecule has 6 heteroatoms. The number of nitrogens with zero attached hydrogens (tertiary/aromatic N) is 1. The van der Waals surface area contributed by atoms with Crippen LogP contribution in [0.5, 0.6) is 0 Å². The zero-order chi connectivity index (χ0) is 12.4. The molecule has 1 aromatic heterocycles. The van der Waals surface area contributed by atoms with Gasteiger partial charge in [-0.1, -0.05) is 0 Å². The van der Waals surface area contributed by atoms with Crippen LogP contribution >= 0.6 is 11.5 Å². The second-order valence-corrected chi connectivity index (χ2v) is 5.01. The Kier molecular flexibility index (Phi) is 3.63. The summed E-state index contributed by atoms with van der Waals surface area (Å²) in [6.45, 7) is 1.72. The molecule has 17 heavy (non-hydrogen) atoms. The highest BCUT2D eigenvalue weighted by atomic mass is 32.1. The molecule has 1 aromatic rings. The lowest BCUT2D eigenvalue weighted by Gasteiger charge is -2.19. The summed E-state index contributed by atoms with van der Waals surface area (Å²) in [5, 5.41) is 13.0. The molecule has 94 valence electrons. The lowest BCUT2D eigenvalue weighted by molar-refractivity contribution is 0.0696. The Labute approximate surface area is 104 Å². The molecule has 1 saturated carbocycles. The second-order valence-electron chi connectivity index (χ2n) is 4.23. The minimum absolute atomic E-state index is 0.166. The maximum Gasteiger partial charge on any atom is 0.340 e. The number of aromatic nitrogens is 1. The third-order valence-electron chi connectivity index (χ3n) is 3.15. The van der Waals surface area contributed by atoms with E-state index in [1.807, 2.05) is 0 Å². The molecule has 1 aliphatic rings. The lowest BCUT2D eigenvalue weighted by Crippen LogP contribution is -2.29. The van der Waals surface area contributed by atoms with E-state index in [9.17, 15) is 4.79 Å². The summed E-state index contributed by atoms with van der Waals surface area (Å²) in [6, 6.07) is 0.193. The Balaban J connectivity index is 2.16. The van der Waals surface area contributed by atoms with Crippen LogP contribution in [0, 0.1) is 6.92 Å². The maximum atomic E-state index is 11.1. The smallest absolute Gasteiger partial charge is 0.340 e. The number of carboxylic acids is 1. The van der Waals surface area contributed by atoms with E-state index in [-0.39, 0.29) is 17.7 Å². The molecule has 1 fully saturated rings. The quantitative estimate of drug-likeness (QED) is 0.863. The van der Waals surface area contributed by atoms with Crippen molar-refractivity contribution in [1.82, 2.24) is 4.37 Å². The Bertz CT molecular complexity index is 419. The van der Waals surface area contributed by atoms with Crippen molar-refractivity contribution >= 4 is 22.5 Å². The van der Waals surface area contributed by atoms with Gasteiger partial charge in [0.2, 0.25) is 0 Å². The molecule has 0 bridgehead atoms. The van der Waals surface area contributed by atoms with Gasteiger partial charge < -0.3 is 15.2 Å². The van der Waals surface area contributed by atoms with Gasteiger partial charge in [-0.25, -0.2) is 4.79 Å². The summed E-state index contributed by atoms with van der Waals surface area (Å²) in [5.74, 6) is -0.925. The summed E-state index contributed by atoms with van der Waals surface area (Å²) in [6.07, 6.45) is 3.30. The number of carbonyl (C=O) groups is 1. The normalized spacial score (nSPS) is 23.9. The van der Waals surface area contributed by atoms with E-state index in [2.05, 4.69) is 9.69 Å². The minimum atomic E-state index is -0.925. The van der Waals surface area contributed by atoms with Gasteiger partial charge in [0.1, 0.15) is 10.6 Å². The van der Waals surface area contributed by atoms with Crippen LogP contribution in [0.2, 0.25) is 0 Å². The van der Waals surface area contributed by atoms with E-state index in [0.717, 1.165) is 19.3 Å². The largest absolute Gasteiger partial charge is 0.478 e. The first-order valence-corrected chi connectivity index (χ1v) is 6.39. The van der Waals surface area contributed by atoms with Crippen LogP contribution in [0.1, 0.15) is 35.3 Å². The molecule has 5 nitrogen and oxygen atoms in total. The van der Waals surface area contributed by atoms with Crippen molar-refractivity contribution in [2.24, 2.45) is 0 Å². The van der Waals surface area contributed by atoms with Crippen molar-refractivity contribution in [2.45, 2.75) is 38.3 Å². The molecule has 0 aromatic carbocycles. The summed E-state index contributed by atoms with van der Waals surface area (Å²) >= 11 is 1.21. The number of anilines is 1. The predicted molar refractivity (Wildman–Crippen MR) is 65.9 cm³/mol. The highest BCUT2D eigenvalue weighted by Crippen LogP contribution is 2.30. The third-order valence-corrected chi connectivity index (χ3v) is 4.02. The third kappa shape index (κ3) is 2.42. The SMILES string of the molecule is COC1CCCC1Nc1snc(C)c1C(=O)O. The number of methoxy groups -OCH3 is 1. The molecule has 1 heterocycles. The van der Waals surface area contributed by atoms with E-state index in [1.165, 1.54) is 11.5 Å². The number of hydrogen-bond acceptors (Lipinski definition) is 5. The molecule has 2 unspecified atom stereocenters. The standard InChI is InChI=1S/C11H16N2O3S/c1-6-9(11(14)15)10(17-13-6)12-7-4-3-5-8(7)16-2/h7-8,12H,3-5H2,1-2H3,(H,14,15). The number of nitrogens with one attached hydrogen (secondary N) is 1. The Morgan fingerprint density at radius 3 is 3.00 bits per heavy atom. The van der Waals surface area contributed by atoms with E-state index in [0.29, 0.717) is 10.7 Å². The molecule has 0 radical (unpaired) electrons. The zero-order valence-corrected chi connectivity index (χ0v) is 10.7. The van der Waals surface area contributed by atoms with Gasteiger partial charge in [-0.05, 0) is 37.7 Å². The molecular weight excluding hydrogens is 240 g/mol. The van der Waals surface area contributed by atoms with Crippen molar-refractivity contribution in [3.8, 4) is 0 Å². The monoisotopic (exact) mass is 256 g/mol.